The van der Waals surface area contributed by atoms with E-state index in [0.29, 0.717) is 26.1 Å². The predicted molar refractivity (Wildman–Crippen MR) is 78.0 cm³/mol. The van der Waals surface area contributed by atoms with Gasteiger partial charge in [0.2, 0.25) is 5.91 Å². The highest BCUT2D eigenvalue weighted by Gasteiger charge is 2.20. The largest absolute Gasteiger partial charge is 0.491 e. The van der Waals surface area contributed by atoms with Gasteiger partial charge in [0.15, 0.2) is 0 Å². The lowest BCUT2D eigenvalue weighted by Crippen LogP contribution is -2.34. The van der Waals surface area contributed by atoms with E-state index in [9.17, 15) is 9.90 Å². The maximum Gasteiger partial charge on any atom is 0.230 e. The normalized spacial score (nSPS) is 15.6. The molecule has 1 aliphatic heterocycles. The zero-order chi connectivity index (χ0) is 14.8. The Morgan fingerprint density at radius 1 is 1.45 bits per heavy atom. The minimum absolute atomic E-state index is 0.0605. The number of ether oxygens (including phenoxy) is 1. The average Bonchev–Trinajstić information content (AvgIpc) is 2.49. The molecule has 1 aromatic rings. The highest BCUT2D eigenvalue weighted by molar-refractivity contribution is 5.95. The second-order valence-corrected chi connectivity index (χ2v) is 5.77. The van der Waals surface area contributed by atoms with Gasteiger partial charge in [-0.1, -0.05) is 6.07 Å². The van der Waals surface area contributed by atoms with E-state index >= 15 is 0 Å². The molecule has 0 saturated carbocycles. The van der Waals surface area contributed by atoms with Crippen molar-refractivity contribution in [2.24, 2.45) is 0 Å². The standard InChI is InChI=1S/C15H22N2O3/c1-15(2,19)10-16-9-11-4-5-13-12(8-11)17(3)14(18)6-7-20-13/h4-5,8,16,19H,6-7,9-10H2,1-3H3. The molecule has 1 amide bonds. The molecule has 0 aliphatic carbocycles. The van der Waals surface area contributed by atoms with Crippen molar-refractivity contribution in [3.63, 3.8) is 0 Å². The first kappa shape index (κ1) is 14.8. The Hall–Kier alpha value is -1.59. The number of hydrogen-bond donors (Lipinski definition) is 2. The molecule has 0 unspecified atom stereocenters. The monoisotopic (exact) mass is 278 g/mol. The molecule has 5 heteroatoms. The molecule has 2 rings (SSSR count). The van der Waals surface area contributed by atoms with Gasteiger partial charge in [-0.2, -0.15) is 0 Å². The number of rotatable bonds is 4. The van der Waals surface area contributed by atoms with Crippen LogP contribution >= 0.6 is 0 Å². The summed E-state index contributed by atoms with van der Waals surface area (Å²) in [4.78, 5) is 13.5. The maximum absolute atomic E-state index is 11.8. The molecule has 0 atom stereocenters. The van der Waals surface area contributed by atoms with Gasteiger partial charge >= 0.3 is 0 Å². The number of nitrogens with one attached hydrogen (secondary N) is 1. The third kappa shape index (κ3) is 3.71. The second kappa shape index (κ2) is 5.81. The van der Waals surface area contributed by atoms with Gasteiger partial charge in [-0.15, -0.1) is 0 Å². The Morgan fingerprint density at radius 2 is 2.20 bits per heavy atom. The topological polar surface area (TPSA) is 61.8 Å². The van der Waals surface area contributed by atoms with E-state index in [1.54, 1.807) is 25.8 Å². The molecule has 1 aromatic carbocycles. The van der Waals surface area contributed by atoms with E-state index in [-0.39, 0.29) is 5.91 Å². The number of benzene rings is 1. The number of amides is 1. The van der Waals surface area contributed by atoms with E-state index < -0.39 is 5.60 Å². The molecule has 0 spiro atoms. The summed E-state index contributed by atoms with van der Waals surface area (Å²) in [5.41, 5.74) is 1.12. The van der Waals surface area contributed by atoms with Gasteiger partial charge < -0.3 is 20.1 Å². The number of carbonyl (C=O) groups excluding carboxylic acids is 1. The number of nitrogens with zero attached hydrogens (tertiary/aromatic N) is 1. The van der Waals surface area contributed by atoms with Gasteiger partial charge in [0.1, 0.15) is 5.75 Å². The summed E-state index contributed by atoms with van der Waals surface area (Å²) in [6.07, 6.45) is 0.400. The Labute approximate surface area is 119 Å². The van der Waals surface area contributed by atoms with Gasteiger partial charge in [0, 0.05) is 20.1 Å². The highest BCUT2D eigenvalue weighted by atomic mass is 16.5. The van der Waals surface area contributed by atoms with Crippen LogP contribution < -0.4 is 15.0 Å². The highest BCUT2D eigenvalue weighted by Crippen LogP contribution is 2.31. The third-order valence-electron chi connectivity index (χ3n) is 3.22. The van der Waals surface area contributed by atoms with Crippen molar-refractivity contribution in [2.45, 2.75) is 32.4 Å². The fourth-order valence-electron chi connectivity index (χ4n) is 2.12. The molecule has 0 bridgehead atoms. The molecule has 5 nitrogen and oxygen atoms in total. The van der Waals surface area contributed by atoms with Crippen molar-refractivity contribution < 1.29 is 14.6 Å². The summed E-state index contributed by atoms with van der Waals surface area (Å²) in [6.45, 7) is 5.09. The van der Waals surface area contributed by atoms with Gasteiger partial charge in [0.25, 0.3) is 0 Å². The number of fused-ring (bicyclic) bond motifs is 1. The van der Waals surface area contributed by atoms with E-state index in [4.69, 9.17) is 4.74 Å². The van der Waals surface area contributed by atoms with Gasteiger partial charge in [-0.3, -0.25) is 4.79 Å². The first-order valence-corrected chi connectivity index (χ1v) is 6.82. The Bertz CT molecular complexity index is 494. The average molecular weight is 278 g/mol. The van der Waals surface area contributed by atoms with Crippen molar-refractivity contribution >= 4 is 11.6 Å². The van der Waals surface area contributed by atoms with Crippen molar-refractivity contribution in [1.29, 1.82) is 0 Å². The van der Waals surface area contributed by atoms with Gasteiger partial charge in [-0.05, 0) is 31.5 Å². The Morgan fingerprint density at radius 3 is 2.90 bits per heavy atom. The zero-order valence-corrected chi connectivity index (χ0v) is 12.3. The van der Waals surface area contributed by atoms with Crippen LogP contribution in [0.2, 0.25) is 0 Å². The lowest BCUT2D eigenvalue weighted by Gasteiger charge is -2.19. The fourth-order valence-corrected chi connectivity index (χ4v) is 2.12. The second-order valence-electron chi connectivity index (χ2n) is 5.77. The SMILES string of the molecule is CN1C(=O)CCOc2ccc(CNCC(C)(C)O)cc21. The number of carbonyl (C=O) groups is 1. The molecule has 0 radical (unpaired) electrons. The van der Waals surface area contributed by atoms with Gasteiger partial charge in [0.05, 0.1) is 24.3 Å². The van der Waals surface area contributed by atoms with Gasteiger partial charge in [-0.25, -0.2) is 0 Å². The van der Waals surface area contributed by atoms with E-state index in [2.05, 4.69) is 5.32 Å². The number of anilines is 1. The van der Waals surface area contributed by atoms with Crippen LogP contribution in [-0.2, 0) is 11.3 Å². The number of aliphatic hydroxyl groups is 1. The van der Waals surface area contributed by atoms with E-state index in [1.807, 2.05) is 18.2 Å². The van der Waals surface area contributed by atoms with Crippen molar-refractivity contribution in [3.05, 3.63) is 23.8 Å². The van der Waals surface area contributed by atoms with E-state index in [0.717, 1.165) is 17.0 Å². The number of hydrogen-bond acceptors (Lipinski definition) is 4. The molecule has 20 heavy (non-hydrogen) atoms. The van der Waals surface area contributed by atoms with Crippen LogP contribution in [-0.4, -0.2) is 36.8 Å². The first-order chi connectivity index (χ1) is 9.37. The third-order valence-corrected chi connectivity index (χ3v) is 3.22. The van der Waals surface area contributed by atoms with Crippen LogP contribution in [0.5, 0.6) is 5.75 Å². The molecular weight excluding hydrogens is 256 g/mol. The quantitative estimate of drug-likeness (QED) is 0.871. The molecule has 1 heterocycles. The summed E-state index contributed by atoms with van der Waals surface area (Å²) < 4.78 is 5.58. The summed E-state index contributed by atoms with van der Waals surface area (Å²) in [7, 11) is 1.77. The van der Waals surface area contributed by atoms with Crippen LogP contribution in [0.1, 0.15) is 25.8 Å². The minimum atomic E-state index is -0.735. The predicted octanol–water partition coefficient (Wildman–Crippen LogP) is 1.29. The molecule has 1 aliphatic rings. The lowest BCUT2D eigenvalue weighted by molar-refractivity contribution is -0.118. The van der Waals surface area contributed by atoms with Crippen LogP contribution in [0.15, 0.2) is 18.2 Å². The molecular formula is C15H22N2O3. The Balaban J connectivity index is 2.10. The lowest BCUT2D eigenvalue weighted by atomic mass is 10.1. The first-order valence-electron chi connectivity index (χ1n) is 6.82. The molecule has 0 aromatic heterocycles. The zero-order valence-electron chi connectivity index (χ0n) is 12.3. The van der Waals surface area contributed by atoms with Crippen LogP contribution in [0.25, 0.3) is 0 Å². The van der Waals surface area contributed by atoms with Crippen molar-refractivity contribution in [1.82, 2.24) is 5.32 Å². The Kier molecular flexibility index (Phi) is 4.30. The molecule has 0 saturated heterocycles. The smallest absolute Gasteiger partial charge is 0.230 e. The summed E-state index contributed by atoms with van der Waals surface area (Å²) in [6, 6.07) is 5.82. The maximum atomic E-state index is 11.8. The fraction of sp³-hybridized carbons (Fsp3) is 0.533. The van der Waals surface area contributed by atoms with Crippen LogP contribution in [0, 0.1) is 0 Å². The summed E-state index contributed by atoms with van der Waals surface area (Å²) in [5.74, 6) is 0.801. The summed E-state index contributed by atoms with van der Waals surface area (Å²) >= 11 is 0. The van der Waals surface area contributed by atoms with Crippen LogP contribution in [0.3, 0.4) is 0 Å². The summed E-state index contributed by atoms with van der Waals surface area (Å²) in [5, 5.41) is 12.9. The molecule has 110 valence electrons. The van der Waals surface area contributed by atoms with Crippen molar-refractivity contribution in [2.75, 3.05) is 25.1 Å². The van der Waals surface area contributed by atoms with Crippen molar-refractivity contribution in [3.8, 4) is 5.75 Å². The van der Waals surface area contributed by atoms with E-state index in [1.165, 1.54) is 0 Å². The van der Waals surface area contributed by atoms with Crippen LogP contribution in [0.4, 0.5) is 5.69 Å². The molecule has 0 fully saturated rings. The minimum Gasteiger partial charge on any atom is -0.491 e. The molecule has 2 N–H and O–H groups in total.